The summed E-state index contributed by atoms with van der Waals surface area (Å²) < 4.78 is 25.5. The van der Waals surface area contributed by atoms with Crippen molar-refractivity contribution in [2.24, 2.45) is 0 Å². The van der Waals surface area contributed by atoms with Crippen LogP contribution in [-0.4, -0.2) is 4.98 Å². The summed E-state index contributed by atoms with van der Waals surface area (Å²) in [4.78, 5) is 3.42. The van der Waals surface area contributed by atoms with E-state index in [2.05, 4.69) is 4.98 Å². The Kier molecular flexibility index (Phi) is 1.50. The fourth-order valence-corrected chi connectivity index (χ4v) is 1.11. The van der Waals surface area contributed by atoms with E-state index in [1.165, 1.54) is 18.3 Å². The summed E-state index contributed by atoms with van der Waals surface area (Å²) in [7, 11) is 0. The standard InChI is InChI=1S/C9H5F2N/c10-7-2-1-6-3-4-12-9(11)8(6)5-7/h1-5H. The Labute approximate surface area is 67.7 Å². The number of pyridine rings is 1. The van der Waals surface area contributed by atoms with Gasteiger partial charge < -0.3 is 0 Å². The monoisotopic (exact) mass is 165 g/mol. The molecule has 0 unspecified atom stereocenters. The molecule has 0 spiro atoms. The summed E-state index contributed by atoms with van der Waals surface area (Å²) in [6.07, 6.45) is 1.36. The molecule has 0 N–H and O–H groups in total. The van der Waals surface area contributed by atoms with Crippen LogP contribution in [0.4, 0.5) is 8.78 Å². The van der Waals surface area contributed by atoms with Crippen molar-refractivity contribution in [2.45, 2.75) is 0 Å². The Morgan fingerprint density at radius 3 is 2.75 bits per heavy atom. The molecular weight excluding hydrogens is 160 g/mol. The molecule has 0 fully saturated rings. The minimum Gasteiger partial charge on any atom is -0.228 e. The third-order valence-electron chi connectivity index (χ3n) is 1.68. The molecule has 0 bridgehead atoms. The molecule has 0 radical (unpaired) electrons. The first-order valence-electron chi connectivity index (χ1n) is 3.47. The topological polar surface area (TPSA) is 12.9 Å². The fraction of sp³-hybridized carbons (Fsp3) is 0. The van der Waals surface area contributed by atoms with Crippen LogP contribution in [0.1, 0.15) is 0 Å². The lowest BCUT2D eigenvalue weighted by atomic mass is 10.2. The molecule has 3 heteroatoms. The van der Waals surface area contributed by atoms with Gasteiger partial charge in [-0.2, -0.15) is 4.39 Å². The maximum atomic E-state index is 12.9. The van der Waals surface area contributed by atoms with E-state index < -0.39 is 11.8 Å². The van der Waals surface area contributed by atoms with Crippen molar-refractivity contribution >= 4 is 10.8 Å². The minimum absolute atomic E-state index is 0.220. The van der Waals surface area contributed by atoms with Crippen molar-refractivity contribution in [2.75, 3.05) is 0 Å². The zero-order valence-electron chi connectivity index (χ0n) is 6.09. The SMILES string of the molecule is Fc1ccc2ccnc(F)c2c1. The highest BCUT2D eigenvalue weighted by molar-refractivity contribution is 5.81. The average Bonchev–Trinajstić information content (AvgIpc) is 2.07. The number of halogens is 2. The maximum absolute atomic E-state index is 12.9. The van der Waals surface area contributed by atoms with Crippen LogP contribution in [-0.2, 0) is 0 Å². The van der Waals surface area contributed by atoms with Gasteiger partial charge in [-0.3, -0.25) is 0 Å². The normalized spacial score (nSPS) is 10.5. The van der Waals surface area contributed by atoms with Gasteiger partial charge in [0.25, 0.3) is 0 Å². The number of hydrogen-bond donors (Lipinski definition) is 0. The summed E-state index contributed by atoms with van der Waals surface area (Å²) in [5, 5.41) is 0.876. The van der Waals surface area contributed by atoms with Crippen LogP contribution >= 0.6 is 0 Å². The number of nitrogens with zero attached hydrogens (tertiary/aromatic N) is 1. The van der Waals surface area contributed by atoms with Gasteiger partial charge in [0.2, 0.25) is 5.95 Å². The van der Waals surface area contributed by atoms with Gasteiger partial charge >= 0.3 is 0 Å². The predicted molar refractivity (Wildman–Crippen MR) is 41.7 cm³/mol. The lowest BCUT2D eigenvalue weighted by Gasteiger charge is -1.96. The first-order valence-corrected chi connectivity index (χ1v) is 3.47. The molecule has 0 aliphatic rings. The van der Waals surface area contributed by atoms with E-state index in [-0.39, 0.29) is 5.39 Å². The number of fused-ring (bicyclic) bond motifs is 1. The summed E-state index contributed by atoms with van der Waals surface area (Å²) in [5.74, 6) is -1.08. The molecule has 0 saturated heterocycles. The number of hydrogen-bond acceptors (Lipinski definition) is 1. The average molecular weight is 165 g/mol. The molecule has 2 rings (SSSR count). The quantitative estimate of drug-likeness (QED) is 0.546. The molecule has 0 aliphatic carbocycles. The Morgan fingerprint density at radius 2 is 1.92 bits per heavy atom. The van der Waals surface area contributed by atoms with Gasteiger partial charge in [-0.1, -0.05) is 6.07 Å². The lowest BCUT2D eigenvalue weighted by molar-refractivity contribution is 0.592. The summed E-state index contributed by atoms with van der Waals surface area (Å²) in [6, 6.07) is 5.59. The van der Waals surface area contributed by atoms with Crippen LogP contribution in [0.25, 0.3) is 10.8 Å². The summed E-state index contributed by atoms with van der Waals surface area (Å²) in [5.41, 5.74) is 0. The highest BCUT2D eigenvalue weighted by Gasteiger charge is 2.01. The van der Waals surface area contributed by atoms with Crippen LogP contribution in [0.5, 0.6) is 0 Å². The molecule has 1 nitrogen and oxygen atoms in total. The second-order valence-electron chi connectivity index (χ2n) is 2.47. The van der Waals surface area contributed by atoms with Crippen molar-refractivity contribution in [3.63, 3.8) is 0 Å². The molecule has 60 valence electrons. The molecule has 0 atom stereocenters. The largest absolute Gasteiger partial charge is 0.228 e. The molecule has 1 aromatic heterocycles. The van der Waals surface area contributed by atoms with Crippen molar-refractivity contribution in [3.8, 4) is 0 Å². The highest BCUT2D eigenvalue weighted by Crippen LogP contribution is 2.16. The maximum Gasteiger partial charge on any atom is 0.220 e. The first-order chi connectivity index (χ1) is 5.77. The van der Waals surface area contributed by atoms with Crippen molar-refractivity contribution in [1.82, 2.24) is 4.98 Å². The third kappa shape index (κ3) is 1.03. The number of benzene rings is 1. The zero-order valence-corrected chi connectivity index (χ0v) is 6.09. The van der Waals surface area contributed by atoms with Gasteiger partial charge in [0.1, 0.15) is 5.82 Å². The van der Waals surface area contributed by atoms with Crippen LogP contribution in [0.3, 0.4) is 0 Å². The van der Waals surface area contributed by atoms with E-state index in [1.807, 2.05) is 0 Å². The van der Waals surface area contributed by atoms with Crippen LogP contribution in [0.2, 0.25) is 0 Å². The van der Waals surface area contributed by atoms with E-state index in [0.29, 0.717) is 5.39 Å². The predicted octanol–water partition coefficient (Wildman–Crippen LogP) is 2.51. The zero-order chi connectivity index (χ0) is 8.55. The Hall–Kier alpha value is -1.51. The molecule has 1 aromatic carbocycles. The van der Waals surface area contributed by atoms with Gasteiger partial charge in [0.05, 0.1) is 0 Å². The number of aromatic nitrogens is 1. The van der Waals surface area contributed by atoms with E-state index in [1.54, 1.807) is 6.07 Å². The lowest BCUT2D eigenvalue weighted by Crippen LogP contribution is -1.84. The first kappa shape index (κ1) is 7.16. The Bertz CT molecular complexity index is 426. The van der Waals surface area contributed by atoms with Gasteiger partial charge in [-0.15, -0.1) is 0 Å². The van der Waals surface area contributed by atoms with Gasteiger partial charge in [0, 0.05) is 11.6 Å². The molecule has 0 aliphatic heterocycles. The molecule has 1 heterocycles. The third-order valence-corrected chi connectivity index (χ3v) is 1.68. The fourth-order valence-electron chi connectivity index (χ4n) is 1.11. The number of rotatable bonds is 0. The van der Waals surface area contributed by atoms with E-state index in [4.69, 9.17) is 0 Å². The molecule has 0 saturated carbocycles. The second kappa shape index (κ2) is 2.52. The Morgan fingerprint density at radius 1 is 1.08 bits per heavy atom. The highest BCUT2D eigenvalue weighted by atomic mass is 19.1. The molecule has 12 heavy (non-hydrogen) atoms. The minimum atomic E-state index is -0.632. The van der Waals surface area contributed by atoms with Gasteiger partial charge in [0.15, 0.2) is 0 Å². The van der Waals surface area contributed by atoms with Crippen LogP contribution < -0.4 is 0 Å². The summed E-state index contributed by atoms with van der Waals surface area (Å²) >= 11 is 0. The molecule has 2 aromatic rings. The second-order valence-corrected chi connectivity index (χ2v) is 2.47. The van der Waals surface area contributed by atoms with Gasteiger partial charge in [-0.05, 0) is 23.6 Å². The van der Waals surface area contributed by atoms with E-state index in [0.717, 1.165) is 6.07 Å². The van der Waals surface area contributed by atoms with Gasteiger partial charge in [-0.25, -0.2) is 9.37 Å². The Balaban J connectivity index is 2.88. The van der Waals surface area contributed by atoms with Crippen molar-refractivity contribution in [3.05, 3.63) is 42.2 Å². The molecular formula is C9H5F2N. The summed E-state index contributed by atoms with van der Waals surface area (Å²) in [6.45, 7) is 0. The molecule has 0 amide bonds. The van der Waals surface area contributed by atoms with Crippen molar-refractivity contribution in [1.29, 1.82) is 0 Å². The smallest absolute Gasteiger partial charge is 0.220 e. The van der Waals surface area contributed by atoms with Crippen molar-refractivity contribution < 1.29 is 8.78 Å². The van der Waals surface area contributed by atoms with Crippen LogP contribution in [0, 0.1) is 11.8 Å². The van der Waals surface area contributed by atoms with Crippen LogP contribution in [0.15, 0.2) is 30.5 Å². The van der Waals surface area contributed by atoms with E-state index in [9.17, 15) is 8.78 Å². The van der Waals surface area contributed by atoms with E-state index >= 15 is 0 Å².